The van der Waals surface area contributed by atoms with Gasteiger partial charge in [0.15, 0.2) is 0 Å². The minimum Gasteiger partial charge on any atom is -0.453 e. The van der Waals surface area contributed by atoms with Crippen LogP contribution in [0.4, 0.5) is 10.5 Å². The zero-order chi connectivity index (χ0) is 26.7. The number of fused-ring (bicyclic) bond motifs is 4. The first kappa shape index (κ1) is 25.1. The number of alkyl carbamates (subject to hydrolysis) is 1. The standard InChI is InChI=1S/C32H39N3O3/c1-17(2)30(34-32(37)38-5)31(36)35-16-18(3)12-28(35)27-15-22-13-20(8-11-26(22)33-27)23-9-6-19(4)29-24-10-7-21(24)14-25(23)29/h6,8-9,11,13,17-18,21,24,28,30H,7,10,12,14-16H2,1-5H3,(H,34,37)/t18-,21?,24?,28-,30-/m0/s1. The molecule has 4 aliphatic rings. The van der Waals surface area contributed by atoms with Crippen LogP contribution in [0.25, 0.3) is 11.1 Å². The van der Waals surface area contributed by atoms with Crippen LogP contribution in [0.2, 0.25) is 0 Å². The maximum Gasteiger partial charge on any atom is 0.407 e. The Hall–Kier alpha value is -3.15. The van der Waals surface area contributed by atoms with E-state index in [0.717, 1.165) is 36.1 Å². The highest BCUT2D eigenvalue weighted by atomic mass is 16.5. The highest BCUT2D eigenvalue weighted by molar-refractivity contribution is 6.01. The molecule has 0 radical (unpaired) electrons. The number of rotatable bonds is 5. The summed E-state index contributed by atoms with van der Waals surface area (Å²) in [5.41, 5.74) is 10.6. The number of methoxy groups -OCH3 is 1. The minimum absolute atomic E-state index is 0.0464. The maximum atomic E-state index is 13.7. The third-order valence-corrected chi connectivity index (χ3v) is 9.43. The summed E-state index contributed by atoms with van der Waals surface area (Å²) < 4.78 is 4.79. The van der Waals surface area contributed by atoms with Gasteiger partial charge in [-0.05, 0) is 102 Å². The molecule has 200 valence electrons. The Kier molecular flexibility index (Phi) is 6.32. The number of carbonyl (C=O) groups excluding carboxylic acids is 2. The molecule has 0 bridgehead atoms. The fourth-order valence-electron chi connectivity index (χ4n) is 7.31. The normalized spacial score (nSPS) is 25.8. The van der Waals surface area contributed by atoms with Crippen molar-refractivity contribution in [2.45, 2.75) is 77.8 Å². The van der Waals surface area contributed by atoms with E-state index in [0.29, 0.717) is 12.5 Å². The molecule has 0 aromatic heterocycles. The van der Waals surface area contributed by atoms with Gasteiger partial charge in [0, 0.05) is 18.7 Å². The number of nitrogens with zero attached hydrogens (tertiary/aromatic N) is 2. The van der Waals surface area contributed by atoms with Crippen LogP contribution in [0.3, 0.4) is 0 Å². The molecule has 6 heteroatoms. The van der Waals surface area contributed by atoms with Crippen LogP contribution in [0.1, 0.15) is 68.2 Å². The van der Waals surface area contributed by atoms with E-state index in [-0.39, 0.29) is 17.9 Å². The van der Waals surface area contributed by atoms with E-state index >= 15 is 0 Å². The van der Waals surface area contributed by atoms with E-state index in [2.05, 4.69) is 49.5 Å². The second-order valence-electron chi connectivity index (χ2n) is 12.3. The van der Waals surface area contributed by atoms with Gasteiger partial charge in [-0.15, -0.1) is 0 Å². The average Bonchev–Trinajstić information content (AvgIpc) is 3.55. The topological polar surface area (TPSA) is 71.0 Å². The second-order valence-corrected chi connectivity index (χ2v) is 12.3. The van der Waals surface area contributed by atoms with Crippen LogP contribution in [-0.4, -0.2) is 48.4 Å². The number of ether oxygens (including phenoxy) is 1. The number of carbonyl (C=O) groups is 2. The average molecular weight is 514 g/mol. The lowest BCUT2D eigenvalue weighted by molar-refractivity contribution is -0.134. The van der Waals surface area contributed by atoms with Crippen LogP contribution in [0, 0.1) is 24.7 Å². The molecular formula is C32H39N3O3. The molecule has 2 fully saturated rings. The highest BCUT2D eigenvalue weighted by Gasteiger charge is 2.42. The molecule has 6 rings (SSSR count). The van der Waals surface area contributed by atoms with Crippen molar-refractivity contribution in [2.24, 2.45) is 22.7 Å². The van der Waals surface area contributed by atoms with Gasteiger partial charge < -0.3 is 15.0 Å². The molecule has 2 unspecified atom stereocenters. The molecule has 1 N–H and O–H groups in total. The molecule has 2 heterocycles. The van der Waals surface area contributed by atoms with E-state index in [9.17, 15) is 9.59 Å². The maximum absolute atomic E-state index is 13.7. The Balaban J connectivity index is 1.25. The molecular weight excluding hydrogens is 474 g/mol. The number of hydrogen-bond donors (Lipinski definition) is 1. The lowest BCUT2D eigenvalue weighted by Crippen LogP contribution is -2.53. The van der Waals surface area contributed by atoms with Gasteiger partial charge in [0.1, 0.15) is 6.04 Å². The van der Waals surface area contributed by atoms with Crippen molar-refractivity contribution in [3.63, 3.8) is 0 Å². The van der Waals surface area contributed by atoms with Gasteiger partial charge >= 0.3 is 6.09 Å². The van der Waals surface area contributed by atoms with Crippen molar-refractivity contribution in [2.75, 3.05) is 13.7 Å². The third-order valence-electron chi connectivity index (χ3n) is 9.43. The number of aryl methyl sites for hydroxylation is 1. The summed E-state index contributed by atoms with van der Waals surface area (Å²) in [6, 6.07) is 10.7. The number of aliphatic imine (C=N–C) groups is 1. The lowest BCUT2D eigenvalue weighted by atomic mass is 9.73. The van der Waals surface area contributed by atoms with Crippen molar-refractivity contribution < 1.29 is 14.3 Å². The number of hydrogen-bond acceptors (Lipinski definition) is 4. The van der Waals surface area contributed by atoms with Gasteiger partial charge in [0.2, 0.25) is 5.91 Å². The molecule has 1 saturated heterocycles. The fourth-order valence-corrected chi connectivity index (χ4v) is 7.31. The van der Waals surface area contributed by atoms with Crippen LogP contribution in [0.5, 0.6) is 0 Å². The molecule has 2 aliphatic heterocycles. The summed E-state index contributed by atoms with van der Waals surface area (Å²) in [5, 5.41) is 2.75. The molecule has 38 heavy (non-hydrogen) atoms. The highest BCUT2D eigenvalue weighted by Crippen LogP contribution is 2.54. The van der Waals surface area contributed by atoms with Gasteiger partial charge in [-0.2, -0.15) is 0 Å². The first-order chi connectivity index (χ1) is 18.2. The number of amides is 2. The monoisotopic (exact) mass is 513 g/mol. The molecule has 6 nitrogen and oxygen atoms in total. The third kappa shape index (κ3) is 4.13. The Morgan fingerprint density at radius 1 is 1.16 bits per heavy atom. The largest absolute Gasteiger partial charge is 0.453 e. The fraction of sp³-hybridized carbons (Fsp3) is 0.531. The molecule has 2 amide bonds. The van der Waals surface area contributed by atoms with Gasteiger partial charge in [-0.3, -0.25) is 9.79 Å². The summed E-state index contributed by atoms with van der Waals surface area (Å²) in [7, 11) is 1.33. The first-order valence-electron chi connectivity index (χ1n) is 14.2. The van der Waals surface area contributed by atoms with E-state index in [1.807, 2.05) is 18.7 Å². The van der Waals surface area contributed by atoms with Crippen LogP contribution >= 0.6 is 0 Å². The summed E-state index contributed by atoms with van der Waals surface area (Å²) in [5.74, 6) is 1.89. The zero-order valence-corrected chi connectivity index (χ0v) is 23.2. The number of benzene rings is 2. The predicted octanol–water partition coefficient (Wildman–Crippen LogP) is 5.96. The van der Waals surface area contributed by atoms with Gasteiger partial charge in [0.25, 0.3) is 0 Å². The quantitative estimate of drug-likeness (QED) is 0.536. The Morgan fingerprint density at radius 2 is 1.97 bits per heavy atom. The predicted molar refractivity (Wildman–Crippen MR) is 150 cm³/mol. The SMILES string of the molecule is COC(=O)N[C@H](C(=O)N1C[C@@H](C)C[C@H]1C1=Nc2ccc(-c3ccc(C)c4c3CC3CCC43)cc2C1)C(C)C. The van der Waals surface area contributed by atoms with E-state index < -0.39 is 12.1 Å². The molecule has 2 aliphatic carbocycles. The van der Waals surface area contributed by atoms with Crippen molar-refractivity contribution in [1.82, 2.24) is 10.2 Å². The molecule has 1 saturated carbocycles. The van der Waals surface area contributed by atoms with Gasteiger partial charge in [0.05, 0.1) is 18.8 Å². The Morgan fingerprint density at radius 3 is 2.68 bits per heavy atom. The Labute approximate surface area is 225 Å². The summed E-state index contributed by atoms with van der Waals surface area (Å²) in [6.45, 7) is 9.03. The number of nitrogens with one attached hydrogen (secondary N) is 1. The van der Waals surface area contributed by atoms with Gasteiger partial charge in [-0.1, -0.05) is 39.0 Å². The van der Waals surface area contributed by atoms with Gasteiger partial charge in [-0.25, -0.2) is 4.79 Å². The van der Waals surface area contributed by atoms with E-state index in [4.69, 9.17) is 9.73 Å². The summed E-state index contributed by atoms with van der Waals surface area (Å²) >= 11 is 0. The van der Waals surface area contributed by atoms with Crippen molar-refractivity contribution in [1.29, 1.82) is 0 Å². The Bertz CT molecular complexity index is 1330. The molecule has 2 aromatic rings. The van der Waals surface area contributed by atoms with E-state index in [1.54, 1.807) is 11.1 Å². The molecule has 2 aromatic carbocycles. The summed E-state index contributed by atoms with van der Waals surface area (Å²) in [4.78, 5) is 32.6. The minimum atomic E-state index is -0.620. The van der Waals surface area contributed by atoms with Crippen LogP contribution < -0.4 is 5.32 Å². The lowest BCUT2D eigenvalue weighted by Gasteiger charge is -2.31. The first-order valence-corrected chi connectivity index (χ1v) is 14.2. The van der Waals surface area contributed by atoms with Crippen molar-refractivity contribution in [3.05, 3.63) is 52.6 Å². The smallest absolute Gasteiger partial charge is 0.407 e. The van der Waals surface area contributed by atoms with Crippen LogP contribution in [0.15, 0.2) is 35.3 Å². The van der Waals surface area contributed by atoms with Crippen LogP contribution in [-0.2, 0) is 22.4 Å². The zero-order valence-electron chi connectivity index (χ0n) is 23.2. The summed E-state index contributed by atoms with van der Waals surface area (Å²) in [6.07, 6.45) is 4.99. The molecule has 0 spiro atoms. The van der Waals surface area contributed by atoms with Crippen molar-refractivity contribution in [3.8, 4) is 11.1 Å². The van der Waals surface area contributed by atoms with Crippen molar-refractivity contribution >= 4 is 23.4 Å². The molecule has 5 atom stereocenters. The second kappa shape index (κ2) is 9.55. The number of likely N-dealkylation sites (tertiary alicyclic amines) is 1. The van der Waals surface area contributed by atoms with E-state index in [1.165, 1.54) is 48.6 Å².